The summed E-state index contributed by atoms with van der Waals surface area (Å²) < 4.78 is 0. The van der Waals surface area contributed by atoms with Crippen LogP contribution in [0.3, 0.4) is 0 Å². The maximum Gasteiger partial charge on any atom is 0.251 e. The van der Waals surface area contributed by atoms with Crippen molar-refractivity contribution >= 4 is 11.8 Å². The van der Waals surface area contributed by atoms with Gasteiger partial charge < -0.3 is 10.2 Å². The van der Waals surface area contributed by atoms with Crippen LogP contribution in [0.4, 0.5) is 0 Å². The Morgan fingerprint density at radius 3 is 3.00 bits per heavy atom. The van der Waals surface area contributed by atoms with E-state index < -0.39 is 0 Å². The highest BCUT2D eigenvalue weighted by molar-refractivity contribution is 5.94. The molecule has 2 amide bonds. The molecule has 0 unspecified atom stereocenters. The van der Waals surface area contributed by atoms with E-state index in [0.717, 1.165) is 49.2 Å². The van der Waals surface area contributed by atoms with Gasteiger partial charge in [0, 0.05) is 56.0 Å². The zero-order chi connectivity index (χ0) is 20.9. The number of rotatable bonds is 6. The molecule has 1 N–H and O–H groups in total. The van der Waals surface area contributed by atoms with Gasteiger partial charge >= 0.3 is 0 Å². The molecule has 1 aromatic heterocycles. The van der Waals surface area contributed by atoms with Gasteiger partial charge in [-0.25, -0.2) is 9.97 Å². The molecule has 0 aliphatic carbocycles. The normalized spacial score (nSPS) is 18.8. The van der Waals surface area contributed by atoms with Crippen LogP contribution in [0.15, 0.2) is 36.8 Å². The lowest BCUT2D eigenvalue weighted by molar-refractivity contribution is -0.133. The molecule has 1 aromatic carbocycles. The van der Waals surface area contributed by atoms with Crippen molar-refractivity contribution in [3.63, 3.8) is 0 Å². The number of piperidine rings is 1. The van der Waals surface area contributed by atoms with Crippen molar-refractivity contribution in [1.29, 1.82) is 0 Å². The zero-order valence-corrected chi connectivity index (χ0v) is 17.5. The monoisotopic (exact) mass is 407 g/mol. The standard InChI is InChI=1S/C23H29N5O2/c1-2-8-25-23(30)18-6-3-5-17(10-18)19-7-4-9-28(13-19)22(29)15-27-12-20-11-24-16-26-21(20)14-27/h3,5-6,10-11,16,19H,2,4,7-9,12-15H2,1H3,(H,25,30)/t19-/m1/s1. The van der Waals surface area contributed by atoms with Crippen molar-refractivity contribution in [2.24, 2.45) is 0 Å². The highest BCUT2D eigenvalue weighted by Gasteiger charge is 2.28. The van der Waals surface area contributed by atoms with Crippen molar-refractivity contribution in [3.8, 4) is 0 Å². The number of nitrogens with zero attached hydrogens (tertiary/aromatic N) is 4. The lowest BCUT2D eigenvalue weighted by Crippen LogP contribution is -2.43. The Morgan fingerprint density at radius 2 is 2.17 bits per heavy atom. The van der Waals surface area contributed by atoms with E-state index in [1.165, 1.54) is 0 Å². The minimum absolute atomic E-state index is 0.0286. The number of nitrogens with one attached hydrogen (secondary N) is 1. The summed E-state index contributed by atoms with van der Waals surface area (Å²) in [5.41, 5.74) is 3.97. The number of benzene rings is 1. The topological polar surface area (TPSA) is 78.4 Å². The Hall–Kier alpha value is -2.80. The van der Waals surface area contributed by atoms with E-state index in [9.17, 15) is 9.59 Å². The van der Waals surface area contributed by atoms with Crippen LogP contribution in [0.25, 0.3) is 0 Å². The van der Waals surface area contributed by atoms with E-state index >= 15 is 0 Å². The Labute approximate surface area is 177 Å². The van der Waals surface area contributed by atoms with Crippen LogP contribution in [0.5, 0.6) is 0 Å². The first-order valence-electron chi connectivity index (χ1n) is 10.8. The van der Waals surface area contributed by atoms with Gasteiger partial charge in [0.1, 0.15) is 6.33 Å². The number of hydrogen-bond acceptors (Lipinski definition) is 5. The van der Waals surface area contributed by atoms with Crippen LogP contribution in [0.1, 0.15) is 59.3 Å². The molecule has 0 radical (unpaired) electrons. The molecule has 30 heavy (non-hydrogen) atoms. The van der Waals surface area contributed by atoms with Crippen LogP contribution in [0.2, 0.25) is 0 Å². The van der Waals surface area contributed by atoms with Gasteiger partial charge in [-0.05, 0) is 37.0 Å². The lowest BCUT2D eigenvalue weighted by atomic mass is 9.89. The third kappa shape index (κ3) is 4.67. The van der Waals surface area contributed by atoms with Crippen LogP contribution in [-0.4, -0.2) is 57.8 Å². The summed E-state index contributed by atoms with van der Waals surface area (Å²) in [4.78, 5) is 37.8. The van der Waals surface area contributed by atoms with Gasteiger partial charge in [0.2, 0.25) is 5.91 Å². The number of carbonyl (C=O) groups excluding carboxylic acids is 2. The van der Waals surface area contributed by atoms with E-state index in [1.54, 1.807) is 6.33 Å². The highest BCUT2D eigenvalue weighted by Crippen LogP contribution is 2.28. The number of carbonyl (C=O) groups is 2. The van der Waals surface area contributed by atoms with Gasteiger partial charge in [-0.15, -0.1) is 0 Å². The van der Waals surface area contributed by atoms with E-state index in [1.807, 2.05) is 36.2 Å². The average Bonchev–Trinajstić information content (AvgIpc) is 3.20. The molecule has 4 rings (SSSR count). The van der Waals surface area contributed by atoms with Crippen LogP contribution in [-0.2, 0) is 17.9 Å². The van der Waals surface area contributed by atoms with Gasteiger partial charge in [-0.2, -0.15) is 0 Å². The molecule has 158 valence electrons. The zero-order valence-electron chi connectivity index (χ0n) is 17.5. The molecular formula is C23H29N5O2. The van der Waals surface area contributed by atoms with Crippen LogP contribution in [0, 0.1) is 0 Å². The first-order valence-corrected chi connectivity index (χ1v) is 10.8. The van der Waals surface area contributed by atoms with Gasteiger partial charge in [0.25, 0.3) is 5.91 Å². The minimum atomic E-state index is -0.0286. The maximum atomic E-state index is 13.0. The molecule has 1 atom stereocenters. The van der Waals surface area contributed by atoms with Crippen molar-refractivity contribution in [2.75, 3.05) is 26.2 Å². The van der Waals surface area contributed by atoms with Gasteiger partial charge in [-0.3, -0.25) is 14.5 Å². The quantitative estimate of drug-likeness (QED) is 0.795. The molecule has 2 aliphatic heterocycles. The summed E-state index contributed by atoms with van der Waals surface area (Å²) in [6.07, 6.45) is 6.34. The highest BCUT2D eigenvalue weighted by atomic mass is 16.2. The second-order valence-corrected chi connectivity index (χ2v) is 8.20. The third-order valence-electron chi connectivity index (χ3n) is 5.94. The molecule has 3 heterocycles. The summed E-state index contributed by atoms with van der Waals surface area (Å²) >= 11 is 0. The number of aromatic nitrogens is 2. The molecule has 0 saturated carbocycles. The molecule has 7 nitrogen and oxygen atoms in total. The fourth-order valence-corrected chi connectivity index (χ4v) is 4.32. The van der Waals surface area contributed by atoms with Gasteiger partial charge in [0.15, 0.2) is 0 Å². The average molecular weight is 408 g/mol. The second kappa shape index (κ2) is 9.34. The Bertz CT molecular complexity index is 891. The summed E-state index contributed by atoms with van der Waals surface area (Å²) in [5, 5.41) is 2.94. The second-order valence-electron chi connectivity index (χ2n) is 8.20. The number of hydrogen-bond donors (Lipinski definition) is 1. The van der Waals surface area contributed by atoms with Crippen molar-refractivity contribution < 1.29 is 9.59 Å². The molecule has 2 aliphatic rings. The summed E-state index contributed by atoms with van der Waals surface area (Å²) in [6.45, 7) is 6.07. The van der Waals surface area contributed by atoms with Crippen LogP contribution >= 0.6 is 0 Å². The number of fused-ring (bicyclic) bond motifs is 1. The largest absolute Gasteiger partial charge is 0.352 e. The predicted octanol–water partition coefficient (Wildman–Crippen LogP) is 2.34. The van der Waals surface area contributed by atoms with E-state index in [4.69, 9.17) is 0 Å². The molecule has 7 heteroatoms. The van der Waals surface area contributed by atoms with E-state index in [2.05, 4.69) is 26.3 Å². The smallest absolute Gasteiger partial charge is 0.251 e. The summed E-state index contributed by atoms with van der Waals surface area (Å²) in [6, 6.07) is 7.86. The fourth-order valence-electron chi connectivity index (χ4n) is 4.32. The van der Waals surface area contributed by atoms with Crippen molar-refractivity contribution in [1.82, 2.24) is 25.1 Å². The van der Waals surface area contributed by atoms with Gasteiger partial charge in [-0.1, -0.05) is 19.1 Å². The maximum absolute atomic E-state index is 13.0. The summed E-state index contributed by atoms with van der Waals surface area (Å²) in [7, 11) is 0. The Kier molecular flexibility index (Phi) is 6.38. The minimum Gasteiger partial charge on any atom is -0.352 e. The van der Waals surface area contributed by atoms with Crippen molar-refractivity contribution in [2.45, 2.75) is 45.2 Å². The molecule has 0 spiro atoms. The predicted molar refractivity (Wildman–Crippen MR) is 114 cm³/mol. The SMILES string of the molecule is CCCNC(=O)c1cccc([C@@H]2CCCN(C(=O)CN3Cc4cncnc4C3)C2)c1. The first kappa shape index (κ1) is 20.5. The molecular weight excluding hydrogens is 378 g/mol. The third-order valence-corrected chi connectivity index (χ3v) is 5.94. The number of likely N-dealkylation sites (tertiary alicyclic amines) is 1. The molecule has 0 bridgehead atoms. The summed E-state index contributed by atoms with van der Waals surface area (Å²) in [5.74, 6) is 0.403. The lowest BCUT2D eigenvalue weighted by Gasteiger charge is -2.34. The Balaban J connectivity index is 1.36. The number of amides is 2. The van der Waals surface area contributed by atoms with Crippen molar-refractivity contribution in [3.05, 3.63) is 59.2 Å². The Morgan fingerprint density at radius 1 is 1.27 bits per heavy atom. The van der Waals surface area contributed by atoms with E-state index in [0.29, 0.717) is 31.7 Å². The molecule has 2 aromatic rings. The molecule has 1 fully saturated rings. The van der Waals surface area contributed by atoms with E-state index in [-0.39, 0.29) is 17.7 Å². The van der Waals surface area contributed by atoms with Crippen LogP contribution < -0.4 is 5.32 Å². The molecule has 1 saturated heterocycles. The first-order chi connectivity index (χ1) is 14.6. The van der Waals surface area contributed by atoms with Gasteiger partial charge in [0.05, 0.1) is 12.2 Å². The fraction of sp³-hybridized carbons (Fsp3) is 0.478.